The van der Waals surface area contributed by atoms with Gasteiger partial charge in [-0.25, -0.2) is 4.79 Å². The second-order valence-corrected chi connectivity index (χ2v) is 3.75. The van der Waals surface area contributed by atoms with E-state index in [0.717, 1.165) is 0 Å². The van der Waals surface area contributed by atoms with E-state index in [2.05, 4.69) is 5.32 Å². The lowest BCUT2D eigenvalue weighted by atomic mass is 10.3. The highest BCUT2D eigenvalue weighted by Crippen LogP contribution is 2.20. The number of hydrogen-bond acceptors (Lipinski definition) is 4. The molecule has 13 heavy (non-hydrogen) atoms. The topological polar surface area (TPSA) is 69.6 Å². The summed E-state index contributed by atoms with van der Waals surface area (Å²) in [6, 6.07) is -0.647. The fraction of sp³-hybridized carbons (Fsp3) is 0.714. The number of hydrogen-bond donors (Lipinski definition) is 2. The molecule has 1 aliphatic heterocycles. The fourth-order valence-corrected chi connectivity index (χ4v) is 2.32. The number of nitrogens with one attached hydrogen (secondary N) is 1. The first kappa shape index (κ1) is 10.3. The molecule has 0 spiro atoms. The molecule has 5 nitrogen and oxygen atoms in total. The minimum atomic E-state index is -0.922. The van der Waals surface area contributed by atoms with Crippen LogP contribution in [0.3, 0.4) is 0 Å². The number of carbonyl (C=O) groups excluding carboxylic acids is 1. The zero-order valence-corrected chi connectivity index (χ0v) is 8.13. The van der Waals surface area contributed by atoms with E-state index in [-0.39, 0.29) is 12.5 Å². The molecule has 1 atom stereocenters. The second-order valence-electron chi connectivity index (χ2n) is 2.75. The van der Waals surface area contributed by atoms with Gasteiger partial charge in [-0.15, -0.1) is 11.8 Å². The van der Waals surface area contributed by atoms with E-state index < -0.39 is 12.0 Å². The van der Waals surface area contributed by atoms with Crippen LogP contribution in [0.2, 0.25) is 0 Å². The molecule has 0 saturated carbocycles. The van der Waals surface area contributed by atoms with Crippen LogP contribution < -0.4 is 5.32 Å². The van der Waals surface area contributed by atoms with Crippen LogP contribution in [0.5, 0.6) is 0 Å². The van der Waals surface area contributed by atoms with Gasteiger partial charge < -0.3 is 15.3 Å². The van der Waals surface area contributed by atoms with Gasteiger partial charge in [0.05, 0.1) is 12.4 Å². The van der Waals surface area contributed by atoms with Crippen molar-refractivity contribution in [2.75, 3.05) is 25.2 Å². The smallest absolute Gasteiger partial charge is 0.327 e. The largest absolute Gasteiger partial charge is 0.480 e. The van der Waals surface area contributed by atoms with Crippen LogP contribution in [0.1, 0.15) is 0 Å². The quantitative estimate of drug-likeness (QED) is 0.629. The van der Waals surface area contributed by atoms with Crippen molar-refractivity contribution >= 4 is 23.6 Å². The van der Waals surface area contributed by atoms with E-state index in [4.69, 9.17) is 5.11 Å². The molecule has 1 fully saturated rings. The summed E-state index contributed by atoms with van der Waals surface area (Å²) in [5.74, 6) is -0.100. The van der Waals surface area contributed by atoms with Crippen molar-refractivity contribution < 1.29 is 14.7 Å². The number of amides is 1. The van der Waals surface area contributed by atoms with E-state index in [1.54, 1.807) is 7.05 Å². The summed E-state index contributed by atoms with van der Waals surface area (Å²) >= 11 is 1.47. The number of carbonyl (C=O) groups is 2. The number of rotatable bonds is 3. The van der Waals surface area contributed by atoms with Crippen LogP contribution in [0.15, 0.2) is 0 Å². The molecule has 0 bridgehead atoms. The molecule has 1 aliphatic rings. The highest BCUT2D eigenvalue weighted by Gasteiger charge is 2.33. The Bertz CT molecular complexity index is 222. The normalized spacial score (nSPS) is 21.9. The molecule has 2 N–H and O–H groups in total. The van der Waals surface area contributed by atoms with Crippen molar-refractivity contribution in [3.05, 3.63) is 0 Å². The number of likely N-dealkylation sites (N-methyl/N-ethyl adjacent to an activating group) is 1. The Morgan fingerprint density at radius 1 is 1.69 bits per heavy atom. The maximum absolute atomic E-state index is 11.3. The average Bonchev–Trinajstić information content (AvgIpc) is 2.52. The molecule has 0 aromatic carbocycles. The van der Waals surface area contributed by atoms with Crippen molar-refractivity contribution in [1.82, 2.24) is 10.2 Å². The van der Waals surface area contributed by atoms with Crippen LogP contribution in [0.4, 0.5) is 0 Å². The summed E-state index contributed by atoms with van der Waals surface area (Å²) in [7, 11) is 1.66. The lowest BCUT2D eigenvalue weighted by Gasteiger charge is -2.19. The Kier molecular flexibility index (Phi) is 3.56. The third-order valence-corrected chi connectivity index (χ3v) is 2.83. The summed E-state index contributed by atoms with van der Waals surface area (Å²) in [5, 5.41) is 11.5. The standard InChI is InChI=1S/C7H12N2O3S/c1-8-2-6(10)9-4-13-3-5(9)7(11)12/h5,8H,2-4H2,1H3,(H,11,12)/t5-/m0/s1. The molecule has 0 aliphatic carbocycles. The van der Waals surface area contributed by atoms with Crippen molar-refractivity contribution in [1.29, 1.82) is 0 Å². The molecule has 0 radical (unpaired) electrons. The van der Waals surface area contributed by atoms with Gasteiger partial charge >= 0.3 is 5.97 Å². The first-order valence-corrected chi connectivity index (χ1v) is 5.07. The monoisotopic (exact) mass is 204 g/mol. The Morgan fingerprint density at radius 3 is 2.92 bits per heavy atom. The molecule has 0 aromatic heterocycles. The zero-order valence-electron chi connectivity index (χ0n) is 7.32. The van der Waals surface area contributed by atoms with Crippen LogP contribution >= 0.6 is 11.8 Å². The fourth-order valence-electron chi connectivity index (χ4n) is 1.15. The van der Waals surface area contributed by atoms with Crippen LogP contribution in [0.25, 0.3) is 0 Å². The highest BCUT2D eigenvalue weighted by atomic mass is 32.2. The summed E-state index contributed by atoms with van der Waals surface area (Å²) in [5.41, 5.74) is 0. The SMILES string of the molecule is CNCC(=O)N1CSC[C@H]1C(=O)O. The van der Waals surface area contributed by atoms with Crippen LogP contribution in [-0.2, 0) is 9.59 Å². The van der Waals surface area contributed by atoms with Gasteiger partial charge in [0.25, 0.3) is 0 Å². The molecule has 1 saturated heterocycles. The van der Waals surface area contributed by atoms with Gasteiger partial charge in [-0.3, -0.25) is 4.79 Å². The number of nitrogens with zero attached hydrogens (tertiary/aromatic N) is 1. The van der Waals surface area contributed by atoms with Crippen molar-refractivity contribution in [2.45, 2.75) is 6.04 Å². The summed E-state index contributed by atoms with van der Waals surface area (Å²) in [4.78, 5) is 23.4. The molecule has 0 aromatic rings. The Labute approximate surface area is 80.5 Å². The summed E-state index contributed by atoms with van der Waals surface area (Å²) in [6.07, 6.45) is 0. The van der Waals surface area contributed by atoms with E-state index >= 15 is 0 Å². The first-order chi connectivity index (χ1) is 6.16. The molecule has 0 unspecified atom stereocenters. The minimum Gasteiger partial charge on any atom is -0.480 e. The first-order valence-electron chi connectivity index (χ1n) is 3.91. The third-order valence-electron chi connectivity index (χ3n) is 1.82. The Hall–Kier alpha value is -0.750. The van der Waals surface area contributed by atoms with Gasteiger partial charge in [0.2, 0.25) is 5.91 Å². The van der Waals surface area contributed by atoms with Crippen molar-refractivity contribution in [3.8, 4) is 0 Å². The van der Waals surface area contributed by atoms with Gasteiger partial charge in [-0.2, -0.15) is 0 Å². The third kappa shape index (κ3) is 2.35. The molecular formula is C7H12N2O3S. The van der Waals surface area contributed by atoms with E-state index in [1.807, 2.05) is 0 Å². The molecule has 6 heteroatoms. The molecular weight excluding hydrogens is 192 g/mol. The number of aliphatic carboxylic acids is 1. The van der Waals surface area contributed by atoms with Gasteiger partial charge in [0.15, 0.2) is 0 Å². The van der Waals surface area contributed by atoms with Gasteiger partial charge in [-0.05, 0) is 7.05 Å². The highest BCUT2D eigenvalue weighted by molar-refractivity contribution is 7.99. The summed E-state index contributed by atoms with van der Waals surface area (Å²) < 4.78 is 0. The minimum absolute atomic E-state index is 0.153. The number of carboxylic acids is 1. The van der Waals surface area contributed by atoms with Crippen LogP contribution in [0, 0.1) is 0 Å². The molecule has 74 valence electrons. The number of thioether (sulfide) groups is 1. The van der Waals surface area contributed by atoms with Crippen LogP contribution in [-0.4, -0.2) is 53.1 Å². The van der Waals surface area contributed by atoms with Crippen molar-refractivity contribution in [3.63, 3.8) is 0 Å². The van der Waals surface area contributed by atoms with E-state index in [9.17, 15) is 9.59 Å². The molecule has 1 amide bonds. The lowest BCUT2D eigenvalue weighted by molar-refractivity contribution is -0.147. The van der Waals surface area contributed by atoms with Gasteiger partial charge in [0, 0.05) is 5.75 Å². The molecule has 1 heterocycles. The maximum atomic E-state index is 11.3. The predicted molar refractivity (Wildman–Crippen MR) is 49.5 cm³/mol. The number of carboxylic acid groups (broad SMARTS) is 1. The van der Waals surface area contributed by atoms with Gasteiger partial charge in [0.1, 0.15) is 6.04 Å². The molecule has 1 rings (SSSR count). The Balaban J connectivity index is 2.57. The van der Waals surface area contributed by atoms with Gasteiger partial charge in [-0.1, -0.05) is 0 Å². The van der Waals surface area contributed by atoms with E-state index in [1.165, 1.54) is 16.7 Å². The summed E-state index contributed by atoms with van der Waals surface area (Å²) in [6.45, 7) is 0.199. The van der Waals surface area contributed by atoms with Crippen molar-refractivity contribution in [2.24, 2.45) is 0 Å². The predicted octanol–water partition coefficient (Wildman–Crippen LogP) is -0.808. The maximum Gasteiger partial charge on any atom is 0.327 e. The zero-order chi connectivity index (χ0) is 9.84. The second kappa shape index (κ2) is 4.48. The van der Waals surface area contributed by atoms with E-state index in [0.29, 0.717) is 11.6 Å². The lowest BCUT2D eigenvalue weighted by Crippen LogP contribution is -2.44. The Morgan fingerprint density at radius 2 is 2.38 bits per heavy atom. The average molecular weight is 204 g/mol.